The Bertz CT molecular complexity index is 914. The second kappa shape index (κ2) is 7.14. The average molecular weight is 426 g/mol. The van der Waals surface area contributed by atoms with E-state index in [9.17, 15) is 15.4 Å². The Labute approximate surface area is 185 Å². The van der Waals surface area contributed by atoms with Crippen LogP contribution < -0.4 is 4.57 Å². The number of oxime groups is 1. The Morgan fingerprint density at radius 2 is 1.81 bits per heavy atom. The second-order valence-corrected chi connectivity index (χ2v) is 11.1. The van der Waals surface area contributed by atoms with Crippen molar-refractivity contribution in [1.29, 1.82) is 0 Å². The van der Waals surface area contributed by atoms with Crippen molar-refractivity contribution in [3.05, 3.63) is 42.2 Å². The van der Waals surface area contributed by atoms with Gasteiger partial charge < -0.3 is 15.4 Å². The summed E-state index contributed by atoms with van der Waals surface area (Å²) in [7, 11) is 0. The number of pyridine rings is 1. The molecule has 4 aliphatic rings. The molecule has 1 aromatic heterocycles. The first kappa shape index (κ1) is 21.1. The van der Waals surface area contributed by atoms with Crippen molar-refractivity contribution in [3.8, 4) is 0 Å². The minimum Gasteiger partial charge on any atom is -0.411 e. The first-order valence-corrected chi connectivity index (χ1v) is 12.0. The fourth-order valence-electron chi connectivity index (χ4n) is 8.68. The summed E-state index contributed by atoms with van der Waals surface area (Å²) in [4.78, 5) is 0. The molecule has 5 heteroatoms. The quantitative estimate of drug-likeness (QED) is 0.222. The maximum Gasteiger partial charge on any atom is 0.239 e. The SMILES string of the molecule is C/C(=N/O)[C@@]1([n+]2ccccc2)[C@H](O)C[C@@H]2[C@@H]3CC=C4C[C@@H](O)CC[C@]4(C)[C@@H]3CC[C@@]21C. The molecule has 0 amide bonds. The summed E-state index contributed by atoms with van der Waals surface area (Å²) in [5.41, 5.74) is 1.28. The van der Waals surface area contributed by atoms with Crippen LogP contribution in [-0.4, -0.2) is 33.3 Å². The number of nitrogens with zero attached hydrogens (tertiary/aromatic N) is 2. The molecule has 5 rings (SSSR count). The molecule has 0 bridgehead atoms. The van der Waals surface area contributed by atoms with E-state index in [1.54, 1.807) is 0 Å². The monoisotopic (exact) mass is 425 g/mol. The van der Waals surface area contributed by atoms with Crippen LogP contribution >= 0.6 is 0 Å². The molecule has 4 aliphatic carbocycles. The van der Waals surface area contributed by atoms with E-state index in [4.69, 9.17) is 0 Å². The zero-order valence-corrected chi connectivity index (χ0v) is 19.0. The molecule has 5 nitrogen and oxygen atoms in total. The lowest BCUT2D eigenvalue weighted by molar-refractivity contribution is -0.766. The van der Waals surface area contributed by atoms with Crippen LogP contribution in [0.5, 0.6) is 0 Å². The van der Waals surface area contributed by atoms with Crippen LogP contribution in [0.15, 0.2) is 47.4 Å². The molecule has 1 aromatic rings. The summed E-state index contributed by atoms with van der Waals surface area (Å²) >= 11 is 0. The van der Waals surface area contributed by atoms with Crippen molar-refractivity contribution in [3.63, 3.8) is 0 Å². The minimum absolute atomic E-state index is 0.166. The van der Waals surface area contributed by atoms with Crippen LogP contribution in [0.1, 0.15) is 65.7 Å². The number of aromatic nitrogens is 1. The number of aliphatic hydroxyl groups is 2. The predicted octanol–water partition coefficient (Wildman–Crippen LogP) is 3.81. The van der Waals surface area contributed by atoms with Crippen LogP contribution in [0.3, 0.4) is 0 Å². The standard InChI is InChI=1S/C26H36N2O3/c1-17(27-31)26(28-13-5-4-6-14-28)23(30)16-22-20-8-7-18-15-19(29)9-11-24(18,2)21(20)10-12-25(22,26)3/h4-7,13-14,19-23,29-30H,8-12,15-16H2,1-3H3/p+1/b27-17-/t19-,20+,21+,22+,23+,24-,25-,26+/m0/s1. The second-order valence-electron chi connectivity index (χ2n) is 11.1. The van der Waals surface area contributed by atoms with Crippen molar-refractivity contribution in [2.24, 2.45) is 33.7 Å². The van der Waals surface area contributed by atoms with E-state index in [1.807, 2.05) is 37.5 Å². The summed E-state index contributed by atoms with van der Waals surface area (Å²) in [6.45, 7) is 6.62. The Kier molecular flexibility index (Phi) is 4.87. The van der Waals surface area contributed by atoms with Gasteiger partial charge in [-0.15, -0.1) is 0 Å². The molecule has 0 aliphatic heterocycles. The summed E-state index contributed by atoms with van der Waals surface area (Å²) < 4.78 is 2.11. The number of hydrogen-bond donors (Lipinski definition) is 3. The molecule has 0 radical (unpaired) electrons. The molecule has 1 heterocycles. The van der Waals surface area contributed by atoms with Gasteiger partial charge in [-0.05, 0) is 75.0 Å². The maximum absolute atomic E-state index is 11.7. The molecule has 0 saturated heterocycles. The first-order chi connectivity index (χ1) is 14.8. The molecule has 168 valence electrons. The highest BCUT2D eigenvalue weighted by Crippen LogP contribution is 2.68. The Balaban J connectivity index is 1.61. The lowest BCUT2D eigenvalue weighted by Gasteiger charge is -2.58. The zero-order chi connectivity index (χ0) is 22.0. The van der Waals surface area contributed by atoms with Gasteiger partial charge in [0.25, 0.3) is 0 Å². The molecular formula is C26H37N2O3+. The lowest BCUT2D eigenvalue weighted by atomic mass is 9.46. The van der Waals surface area contributed by atoms with Gasteiger partial charge in [0.15, 0.2) is 12.4 Å². The molecule has 31 heavy (non-hydrogen) atoms. The molecular weight excluding hydrogens is 388 g/mol. The fraction of sp³-hybridized carbons (Fsp3) is 0.692. The molecule has 3 fully saturated rings. The molecule has 3 saturated carbocycles. The van der Waals surface area contributed by atoms with Gasteiger partial charge in [0, 0.05) is 17.5 Å². The van der Waals surface area contributed by atoms with E-state index in [-0.39, 0.29) is 16.9 Å². The van der Waals surface area contributed by atoms with Crippen LogP contribution in [0.4, 0.5) is 0 Å². The smallest absolute Gasteiger partial charge is 0.239 e. The van der Waals surface area contributed by atoms with E-state index >= 15 is 0 Å². The predicted molar refractivity (Wildman–Crippen MR) is 119 cm³/mol. The Morgan fingerprint density at radius 1 is 1.06 bits per heavy atom. The minimum atomic E-state index is -0.744. The van der Waals surface area contributed by atoms with Gasteiger partial charge in [-0.3, -0.25) is 0 Å². The maximum atomic E-state index is 11.7. The van der Waals surface area contributed by atoms with E-state index in [1.165, 1.54) is 5.57 Å². The third kappa shape index (κ3) is 2.62. The van der Waals surface area contributed by atoms with Crippen molar-refractivity contribution in [1.82, 2.24) is 0 Å². The number of rotatable bonds is 2. The molecule has 0 unspecified atom stereocenters. The fourth-order valence-corrected chi connectivity index (χ4v) is 8.68. The number of aliphatic hydroxyl groups excluding tert-OH is 2. The van der Waals surface area contributed by atoms with Crippen molar-refractivity contribution in [2.75, 3.05) is 0 Å². The van der Waals surface area contributed by atoms with Gasteiger partial charge >= 0.3 is 0 Å². The highest BCUT2D eigenvalue weighted by molar-refractivity contribution is 5.89. The summed E-state index contributed by atoms with van der Waals surface area (Å²) in [6.07, 6.45) is 12.3. The first-order valence-electron chi connectivity index (χ1n) is 12.0. The molecule has 8 atom stereocenters. The Morgan fingerprint density at radius 3 is 2.52 bits per heavy atom. The summed E-state index contributed by atoms with van der Waals surface area (Å²) in [6, 6.07) is 5.97. The summed E-state index contributed by atoms with van der Waals surface area (Å²) in [5, 5.41) is 35.5. The number of fused-ring (bicyclic) bond motifs is 5. The van der Waals surface area contributed by atoms with E-state index in [2.05, 4.69) is 29.6 Å². The molecule has 3 N–H and O–H groups in total. The highest BCUT2D eigenvalue weighted by atomic mass is 16.4. The topological polar surface area (TPSA) is 76.9 Å². The van der Waals surface area contributed by atoms with Crippen LogP contribution in [0, 0.1) is 28.6 Å². The van der Waals surface area contributed by atoms with E-state index in [0.717, 1.165) is 44.9 Å². The lowest BCUT2D eigenvalue weighted by Crippen LogP contribution is -2.72. The highest BCUT2D eigenvalue weighted by Gasteiger charge is 2.74. The van der Waals surface area contributed by atoms with Gasteiger partial charge in [-0.25, -0.2) is 0 Å². The van der Waals surface area contributed by atoms with Crippen LogP contribution in [-0.2, 0) is 5.54 Å². The van der Waals surface area contributed by atoms with Gasteiger partial charge in [0.1, 0.15) is 11.8 Å². The Hall–Kier alpha value is -1.72. The van der Waals surface area contributed by atoms with Crippen molar-refractivity contribution < 1.29 is 20.0 Å². The van der Waals surface area contributed by atoms with Gasteiger partial charge in [-0.2, -0.15) is 4.57 Å². The zero-order valence-electron chi connectivity index (χ0n) is 19.0. The van der Waals surface area contributed by atoms with Gasteiger partial charge in [-0.1, -0.05) is 36.7 Å². The van der Waals surface area contributed by atoms with Gasteiger partial charge in [0.2, 0.25) is 5.54 Å². The van der Waals surface area contributed by atoms with Gasteiger partial charge in [0.05, 0.1) is 6.10 Å². The van der Waals surface area contributed by atoms with E-state index in [0.29, 0.717) is 23.5 Å². The van der Waals surface area contributed by atoms with Crippen molar-refractivity contribution in [2.45, 2.75) is 83.5 Å². The third-order valence-corrected chi connectivity index (χ3v) is 10.1. The number of hydrogen-bond acceptors (Lipinski definition) is 4. The normalized spacial score (nSPS) is 47.2. The molecule has 0 aromatic carbocycles. The van der Waals surface area contributed by atoms with Crippen LogP contribution in [0.2, 0.25) is 0 Å². The van der Waals surface area contributed by atoms with E-state index < -0.39 is 11.6 Å². The summed E-state index contributed by atoms with van der Waals surface area (Å²) in [5.74, 6) is 1.45. The third-order valence-electron chi connectivity index (χ3n) is 10.1. The average Bonchev–Trinajstić information content (AvgIpc) is 3.01. The van der Waals surface area contributed by atoms with Crippen LogP contribution in [0.25, 0.3) is 0 Å². The largest absolute Gasteiger partial charge is 0.411 e. The van der Waals surface area contributed by atoms with Crippen molar-refractivity contribution >= 4 is 5.71 Å². The molecule has 0 spiro atoms. The number of allylic oxidation sites excluding steroid dienone is 1.